The minimum absolute atomic E-state index is 0.0574. The summed E-state index contributed by atoms with van der Waals surface area (Å²) in [5, 5.41) is 0. The van der Waals surface area contributed by atoms with Crippen molar-refractivity contribution in [2.45, 2.75) is 11.8 Å². The Balaban J connectivity index is 2.22. The van der Waals surface area contributed by atoms with E-state index in [0.29, 0.717) is 19.6 Å². The number of aryl methyl sites for hydroxylation is 1. The Labute approximate surface area is 125 Å². The molecule has 0 amide bonds. The van der Waals surface area contributed by atoms with E-state index in [1.807, 2.05) is 11.8 Å². The van der Waals surface area contributed by atoms with Crippen LogP contribution in [0.15, 0.2) is 32.9 Å². The molecule has 0 saturated carbocycles. The van der Waals surface area contributed by atoms with Crippen molar-refractivity contribution in [3.63, 3.8) is 0 Å². The normalized spacial score (nSPS) is 19.3. The van der Waals surface area contributed by atoms with Gasteiger partial charge < -0.3 is 0 Å². The van der Waals surface area contributed by atoms with Crippen LogP contribution in [0.25, 0.3) is 0 Å². The monoisotopic (exact) mass is 334 g/mol. The summed E-state index contributed by atoms with van der Waals surface area (Å²) in [6, 6.07) is 6.29. The van der Waals surface area contributed by atoms with Crippen molar-refractivity contribution in [1.29, 1.82) is 0 Å². The highest BCUT2D eigenvalue weighted by atomic mass is 32.3. The van der Waals surface area contributed by atoms with Gasteiger partial charge in [-0.15, -0.1) is 3.77 Å². The van der Waals surface area contributed by atoms with Crippen molar-refractivity contribution in [3.05, 3.63) is 29.8 Å². The fraction of sp³-hybridized carbons (Fsp3) is 0.538. The Morgan fingerprint density at radius 1 is 1.24 bits per heavy atom. The molecule has 2 rings (SSSR count). The highest BCUT2D eigenvalue weighted by Gasteiger charge is 2.24. The van der Waals surface area contributed by atoms with Gasteiger partial charge in [0.2, 0.25) is 0 Å². The fourth-order valence-electron chi connectivity index (χ4n) is 2.11. The van der Waals surface area contributed by atoms with Gasteiger partial charge in [-0.05, 0) is 19.1 Å². The lowest BCUT2D eigenvalue weighted by atomic mass is 10.2. The van der Waals surface area contributed by atoms with Crippen LogP contribution in [0.1, 0.15) is 5.56 Å². The summed E-state index contributed by atoms with van der Waals surface area (Å²) in [5.74, 6) is 0.330. The lowest BCUT2D eigenvalue weighted by Crippen LogP contribution is -2.41. The van der Waals surface area contributed by atoms with Gasteiger partial charge in [0.25, 0.3) is 10.0 Å². The van der Waals surface area contributed by atoms with Gasteiger partial charge in [0.05, 0.1) is 14.6 Å². The van der Waals surface area contributed by atoms with E-state index in [1.165, 1.54) is 12.1 Å². The third-order valence-electron chi connectivity index (χ3n) is 3.41. The van der Waals surface area contributed by atoms with Crippen LogP contribution in [-0.4, -0.2) is 55.3 Å². The molecule has 21 heavy (non-hydrogen) atoms. The van der Waals surface area contributed by atoms with Gasteiger partial charge in [0.1, 0.15) is 6.67 Å². The SMILES string of the molecule is Cc1ccc(S(=O)(=O)N=S2(=O)CCN(CCF)CC2)cc1. The molecule has 1 saturated heterocycles. The number of halogens is 1. The molecular weight excluding hydrogens is 315 g/mol. The minimum Gasteiger partial charge on any atom is -0.299 e. The van der Waals surface area contributed by atoms with Gasteiger partial charge in [-0.2, -0.15) is 8.42 Å². The van der Waals surface area contributed by atoms with Crippen molar-refractivity contribution in [3.8, 4) is 0 Å². The first kappa shape index (κ1) is 16.4. The molecule has 1 aliphatic rings. The zero-order valence-corrected chi connectivity index (χ0v) is 13.5. The molecule has 1 aromatic rings. The van der Waals surface area contributed by atoms with Crippen molar-refractivity contribution in [2.24, 2.45) is 3.77 Å². The van der Waals surface area contributed by atoms with Crippen molar-refractivity contribution >= 4 is 19.8 Å². The molecule has 0 spiro atoms. The minimum atomic E-state index is -3.91. The zero-order chi connectivity index (χ0) is 15.5. The number of hydrogen-bond acceptors (Lipinski definition) is 4. The van der Waals surface area contributed by atoms with E-state index in [0.717, 1.165) is 5.56 Å². The third kappa shape index (κ3) is 4.24. The lowest BCUT2D eigenvalue weighted by molar-refractivity contribution is 0.267. The van der Waals surface area contributed by atoms with E-state index in [1.54, 1.807) is 12.1 Å². The fourth-order valence-corrected chi connectivity index (χ4v) is 6.25. The number of benzene rings is 1. The standard InChI is InChI=1S/C13H19FN2O3S2/c1-12-2-4-13(5-3-12)21(18,19)15-20(17)10-8-16(7-6-14)9-11-20/h2-5H,6-11H2,1H3. The van der Waals surface area contributed by atoms with Gasteiger partial charge in [-0.3, -0.25) is 4.90 Å². The first-order chi connectivity index (χ1) is 9.85. The molecule has 1 aliphatic heterocycles. The van der Waals surface area contributed by atoms with E-state index in [9.17, 15) is 17.0 Å². The smallest absolute Gasteiger partial charge is 0.290 e. The van der Waals surface area contributed by atoms with Crippen LogP contribution in [0.4, 0.5) is 4.39 Å². The third-order valence-corrected chi connectivity index (χ3v) is 7.79. The number of rotatable bonds is 4. The maximum Gasteiger partial charge on any atom is 0.290 e. The quantitative estimate of drug-likeness (QED) is 0.835. The molecule has 0 aromatic heterocycles. The van der Waals surface area contributed by atoms with E-state index in [2.05, 4.69) is 3.77 Å². The Bertz CT molecular complexity index is 693. The van der Waals surface area contributed by atoms with Crippen LogP contribution in [0, 0.1) is 6.92 Å². The molecule has 118 valence electrons. The Morgan fingerprint density at radius 3 is 2.33 bits per heavy atom. The Morgan fingerprint density at radius 2 is 1.81 bits per heavy atom. The largest absolute Gasteiger partial charge is 0.299 e. The number of alkyl halides is 1. The maximum atomic E-state index is 12.5. The predicted molar refractivity (Wildman–Crippen MR) is 81.1 cm³/mol. The van der Waals surface area contributed by atoms with Gasteiger partial charge in [0, 0.05) is 31.1 Å². The maximum absolute atomic E-state index is 12.5. The second kappa shape index (κ2) is 6.41. The number of sulfonamides is 1. The average molecular weight is 334 g/mol. The molecule has 0 unspecified atom stereocenters. The summed E-state index contributed by atoms with van der Waals surface area (Å²) in [6.07, 6.45) is 0. The predicted octanol–water partition coefficient (Wildman–Crippen LogP) is 1.44. The topological polar surface area (TPSA) is 66.8 Å². The Hall–Kier alpha value is -0.990. The van der Waals surface area contributed by atoms with Gasteiger partial charge in [-0.1, -0.05) is 17.7 Å². The summed E-state index contributed by atoms with van der Waals surface area (Å²) in [7, 11) is -6.69. The number of nitrogens with zero attached hydrogens (tertiary/aromatic N) is 2. The van der Waals surface area contributed by atoms with Crippen molar-refractivity contribution in [1.82, 2.24) is 4.90 Å². The van der Waals surface area contributed by atoms with Gasteiger partial charge >= 0.3 is 0 Å². The van der Waals surface area contributed by atoms with Crippen LogP contribution in [0.5, 0.6) is 0 Å². The molecule has 8 heteroatoms. The van der Waals surface area contributed by atoms with Crippen LogP contribution in [0.2, 0.25) is 0 Å². The summed E-state index contributed by atoms with van der Waals surface area (Å²) < 4.78 is 52.9. The number of hydrogen-bond donors (Lipinski definition) is 0. The second-order valence-corrected chi connectivity index (χ2v) is 9.45. The van der Waals surface area contributed by atoms with Crippen LogP contribution >= 0.6 is 0 Å². The zero-order valence-electron chi connectivity index (χ0n) is 11.9. The van der Waals surface area contributed by atoms with Gasteiger partial charge in [0.15, 0.2) is 0 Å². The molecule has 0 N–H and O–H groups in total. The Kier molecular flexibility index (Phi) is 5.00. The molecule has 5 nitrogen and oxygen atoms in total. The van der Waals surface area contributed by atoms with E-state index >= 15 is 0 Å². The highest BCUT2D eigenvalue weighted by Crippen LogP contribution is 2.17. The van der Waals surface area contributed by atoms with E-state index < -0.39 is 26.4 Å². The average Bonchev–Trinajstić information content (AvgIpc) is 2.42. The first-order valence-electron chi connectivity index (χ1n) is 6.68. The molecule has 0 bridgehead atoms. The molecule has 1 aromatic carbocycles. The van der Waals surface area contributed by atoms with E-state index in [-0.39, 0.29) is 16.4 Å². The van der Waals surface area contributed by atoms with Crippen LogP contribution < -0.4 is 0 Å². The van der Waals surface area contributed by atoms with Crippen molar-refractivity contribution in [2.75, 3.05) is 37.8 Å². The summed E-state index contributed by atoms with van der Waals surface area (Å²) in [6.45, 7) is 2.51. The van der Waals surface area contributed by atoms with Crippen LogP contribution in [0.3, 0.4) is 0 Å². The summed E-state index contributed by atoms with van der Waals surface area (Å²) >= 11 is 0. The van der Waals surface area contributed by atoms with Gasteiger partial charge in [-0.25, -0.2) is 8.60 Å². The van der Waals surface area contributed by atoms with Crippen LogP contribution in [-0.2, 0) is 19.8 Å². The molecule has 1 heterocycles. The van der Waals surface area contributed by atoms with Crippen molar-refractivity contribution < 1.29 is 17.0 Å². The molecule has 1 fully saturated rings. The molecule has 0 radical (unpaired) electrons. The van der Waals surface area contributed by atoms with E-state index in [4.69, 9.17) is 0 Å². The first-order valence-corrected chi connectivity index (χ1v) is 9.98. The second-order valence-electron chi connectivity index (χ2n) is 5.07. The molecular formula is C13H19FN2O3S2. The molecule has 0 atom stereocenters. The lowest BCUT2D eigenvalue weighted by Gasteiger charge is -2.27. The molecule has 0 aliphatic carbocycles. The summed E-state index contributed by atoms with van der Waals surface area (Å²) in [4.78, 5) is 1.89. The highest BCUT2D eigenvalue weighted by molar-refractivity contribution is 8.03. The summed E-state index contributed by atoms with van der Waals surface area (Å²) in [5.41, 5.74) is 0.942.